The molecular formula is C26H20INO5. The summed E-state index contributed by atoms with van der Waals surface area (Å²) in [5, 5.41) is 11.3. The lowest BCUT2D eigenvalue weighted by atomic mass is 9.95. The minimum Gasteiger partial charge on any atom is -0.507 e. The van der Waals surface area contributed by atoms with Gasteiger partial charge in [0.1, 0.15) is 19.0 Å². The van der Waals surface area contributed by atoms with E-state index in [9.17, 15) is 14.7 Å². The maximum Gasteiger partial charge on any atom is 0.295 e. The molecule has 2 aliphatic heterocycles. The van der Waals surface area contributed by atoms with Crippen LogP contribution in [-0.4, -0.2) is 34.9 Å². The minimum absolute atomic E-state index is 0.0637. The Labute approximate surface area is 204 Å². The molecule has 1 unspecified atom stereocenters. The second kappa shape index (κ2) is 8.90. The van der Waals surface area contributed by atoms with Gasteiger partial charge in [0.15, 0.2) is 11.5 Å². The molecule has 2 aliphatic rings. The number of halogens is 1. The van der Waals surface area contributed by atoms with E-state index in [1.807, 2.05) is 54.6 Å². The van der Waals surface area contributed by atoms with Crippen LogP contribution in [0.4, 0.5) is 0 Å². The van der Waals surface area contributed by atoms with Gasteiger partial charge in [0.05, 0.1) is 11.6 Å². The Morgan fingerprint density at radius 2 is 1.64 bits per heavy atom. The first kappa shape index (κ1) is 21.5. The molecule has 5 rings (SSSR count). The zero-order valence-electron chi connectivity index (χ0n) is 17.5. The molecule has 1 atom stereocenters. The lowest BCUT2D eigenvalue weighted by Gasteiger charge is -2.25. The Balaban J connectivity index is 1.63. The lowest BCUT2D eigenvalue weighted by Crippen LogP contribution is -2.29. The maximum absolute atomic E-state index is 13.2. The summed E-state index contributed by atoms with van der Waals surface area (Å²) in [6.07, 6.45) is 0. The molecule has 7 heteroatoms. The van der Waals surface area contributed by atoms with E-state index in [-0.39, 0.29) is 17.9 Å². The highest BCUT2D eigenvalue weighted by atomic mass is 127. The molecule has 33 heavy (non-hydrogen) atoms. The normalized spacial score (nSPS) is 19.1. The number of fused-ring (bicyclic) bond motifs is 1. The topological polar surface area (TPSA) is 76.1 Å². The van der Waals surface area contributed by atoms with E-state index in [4.69, 9.17) is 9.47 Å². The molecule has 1 fully saturated rings. The van der Waals surface area contributed by atoms with Gasteiger partial charge in [0.2, 0.25) is 0 Å². The molecule has 166 valence electrons. The molecule has 1 saturated heterocycles. The molecule has 0 aliphatic carbocycles. The Bertz CT molecular complexity index is 1250. The molecule has 6 nitrogen and oxygen atoms in total. The Kier molecular flexibility index (Phi) is 5.80. The van der Waals surface area contributed by atoms with Gasteiger partial charge in [-0.15, -0.1) is 0 Å². The second-order valence-electron chi connectivity index (χ2n) is 7.82. The summed E-state index contributed by atoms with van der Waals surface area (Å²) < 4.78 is 12.2. The monoisotopic (exact) mass is 553 g/mol. The number of Topliss-reactive ketones (excluding diaryl/α,β-unsaturated/α-hetero) is 1. The lowest BCUT2D eigenvalue weighted by molar-refractivity contribution is -0.140. The first-order valence-corrected chi connectivity index (χ1v) is 11.6. The number of hydrogen-bond acceptors (Lipinski definition) is 5. The van der Waals surface area contributed by atoms with Crippen LogP contribution >= 0.6 is 22.6 Å². The molecule has 1 N–H and O–H groups in total. The molecule has 2 heterocycles. The zero-order chi connectivity index (χ0) is 22.9. The van der Waals surface area contributed by atoms with Crippen molar-refractivity contribution in [2.45, 2.75) is 12.6 Å². The van der Waals surface area contributed by atoms with Gasteiger partial charge in [-0.3, -0.25) is 9.59 Å². The second-order valence-corrected chi connectivity index (χ2v) is 9.07. The van der Waals surface area contributed by atoms with Gasteiger partial charge >= 0.3 is 0 Å². The number of aliphatic hydroxyl groups is 1. The van der Waals surface area contributed by atoms with Gasteiger partial charge in [0.25, 0.3) is 11.7 Å². The van der Waals surface area contributed by atoms with Crippen LogP contribution in [0.3, 0.4) is 0 Å². The Morgan fingerprint density at radius 1 is 0.939 bits per heavy atom. The van der Waals surface area contributed by atoms with Crippen molar-refractivity contribution >= 4 is 40.0 Å². The van der Waals surface area contributed by atoms with E-state index in [0.717, 1.165) is 14.7 Å². The van der Waals surface area contributed by atoms with Crippen molar-refractivity contribution in [3.63, 3.8) is 0 Å². The summed E-state index contributed by atoms with van der Waals surface area (Å²) in [7, 11) is 0. The first-order valence-electron chi connectivity index (χ1n) is 10.5. The minimum atomic E-state index is -0.713. The summed E-state index contributed by atoms with van der Waals surface area (Å²) in [6.45, 7) is 1.11. The molecule has 0 saturated carbocycles. The third kappa shape index (κ3) is 4.08. The van der Waals surface area contributed by atoms with Crippen molar-refractivity contribution in [1.82, 2.24) is 4.90 Å². The van der Waals surface area contributed by atoms with Gasteiger partial charge in [-0.2, -0.15) is 0 Å². The van der Waals surface area contributed by atoms with E-state index in [1.165, 1.54) is 4.90 Å². The van der Waals surface area contributed by atoms with Crippen molar-refractivity contribution < 1.29 is 24.2 Å². The van der Waals surface area contributed by atoms with Crippen LogP contribution in [0, 0.1) is 3.57 Å². The fraction of sp³-hybridized carbons (Fsp3) is 0.154. The number of nitrogens with zero attached hydrogens (tertiary/aromatic N) is 1. The van der Waals surface area contributed by atoms with E-state index in [0.29, 0.717) is 30.3 Å². The fourth-order valence-corrected chi connectivity index (χ4v) is 4.52. The van der Waals surface area contributed by atoms with Gasteiger partial charge in [-0.05, 0) is 64.0 Å². The van der Waals surface area contributed by atoms with Crippen molar-refractivity contribution in [2.75, 3.05) is 13.2 Å². The molecular weight excluding hydrogens is 533 g/mol. The number of likely N-dealkylation sites (tertiary alicyclic amines) is 1. The third-order valence-electron chi connectivity index (χ3n) is 5.74. The molecule has 0 spiro atoms. The highest BCUT2D eigenvalue weighted by molar-refractivity contribution is 14.1. The molecule has 1 amide bonds. The Morgan fingerprint density at radius 3 is 2.36 bits per heavy atom. The van der Waals surface area contributed by atoms with E-state index < -0.39 is 17.7 Å². The van der Waals surface area contributed by atoms with Crippen LogP contribution in [0.15, 0.2) is 78.4 Å². The number of amides is 1. The number of rotatable bonds is 4. The zero-order valence-corrected chi connectivity index (χ0v) is 19.7. The van der Waals surface area contributed by atoms with Crippen LogP contribution in [0.25, 0.3) is 5.76 Å². The summed E-state index contributed by atoms with van der Waals surface area (Å²) in [5.41, 5.74) is 2.11. The van der Waals surface area contributed by atoms with E-state index in [1.54, 1.807) is 18.2 Å². The predicted molar refractivity (Wildman–Crippen MR) is 131 cm³/mol. The predicted octanol–water partition coefficient (Wildman–Crippen LogP) is 4.68. The third-order valence-corrected chi connectivity index (χ3v) is 6.46. The SMILES string of the molecule is O=C1C(=O)N(Cc2ccccc2)C(c2ccc(I)cc2)C1=C(O)c1ccc2c(c1)OCCO2. The number of ketones is 1. The first-order chi connectivity index (χ1) is 16.0. The molecule has 0 bridgehead atoms. The van der Waals surface area contributed by atoms with E-state index in [2.05, 4.69) is 22.6 Å². The molecule has 3 aromatic rings. The Hall–Kier alpha value is -3.33. The van der Waals surface area contributed by atoms with Gasteiger partial charge in [-0.25, -0.2) is 0 Å². The number of aliphatic hydroxyl groups excluding tert-OH is 1. The molecule has 0 aromatic heterocycles. The quantitative estimate of drug-likeness (QED) is 0.220. The number of ether oxygens (including phenoxy) is 2. The van der Waals surface area contributed by atoms with Crippen LogP contribution in [0.5, 0.6) is 11.5 Å². The van der Waals surface area contributed by atoms with Gasteiger partial charge in [0, 0.05) is 15.7 Å². The summed E-state index contributed by atoms with van der Waals surface area (Å²) in [5.74, 6) is -0.501. The fourth-order valence-electron chi connectivity index (χ4n) is 4.16. The van der Waals surface area contributed by atoms with Crippen LogP contribution in [0.1, 0.15) is 22.7 Å². The van der Waals surface area contributed by atoms with Gasteiger partial charge in [-0.1, -0.05) is 42.5 Å². The standard InChI is InChI=1S/C26H20INO5/c27-19-9-6-17(7-10-19)23-22(24(29)18-8-11-20-21(14-18)33-13-12-32-20)25(30)26(31)28(23)15-16-4-2-1-3-5-16/h1-11,14,23,29H,12-13,15H2. The highest BCUT2D eigenvalue weighted by Gasteiger charge is 2.46. The highest BCUT2D eigenvalue weighted by Crippen LogP contribution is 2.41. The van der Waals surface area contributed by atoms with Gasteiger partial charge < -0.3 is 19.5 Å². The van der Waals surface area contributed by atoms with Crippen molar-refractivity contribution in [3.8, 4) is 11.5 Å². The summed E-state index contributed by atoms with van der Waals surface area (Å²) in [4.78, 5) is 27.8. The van der Waals surface area contributed by atoms with Crippen LogP contribution in [0.2, 0.25) is 0 Å². The van der Waals surface area contributed by atoms with E-state index >= 15 is 0 Å². The maximum atomic E-state index is 13.2. The summed E-state index contributed by atoms with van der Waals surface area (Å²) >= 11 is 2.21. The van der Waals surface area contributed by atoms with Crippen molar-refractivity contribution in [2.24, 2.45) is 0 Å². The van der Waals surface area contributed by atoms with Crippen LogP contribution in [-0.2, 0) is 16.1 Å². The average Bonchev–Trinajstić information content (AvgIpc) is 3.09. The number of benzene rings is 3. The molecule has 0 radical (unpaired) electrons. The summed E-state index contributed by atoms with van der Waals surface area (Å²) in [6, 6.07) is 21.4. The number of carbonyl (C=O) groups is 2. The average molecular weight is 553 g/mol. The van der Waals surface area contributed by atoms with Crippen molar-refractivity contribution in [1.29, 1.82) is 0 Å². The largest absolute Gasteiger partial charge is 0.507 e. The molecule has 3 aromatic carbocycles. The smallest absolute Gasteiger partial charge is 0.295 e. The number of hydrogen-bond donors (Lipinski definition) is 1. The van der Waals surface area contributed by atoms with Crippen LogP contribution < -0.4 is 9.47 Å². The number of carbonyl (C=O) groups excluding carboxylic acids is 2. The van der Waals surface area contributed by atoms with Crippen molar-refractivity contribution in [3.05, 3.63) is 98.6 Å².